The van der Waals surface area contributed by atoms with Crippen molar-refractivity contribution in [1.82, 2.24) is 25.6 Å². The highest BCUT2D eigenvalue weighted by molar-refractivity contribution is 5.92. The minimum Gasteiger partial charge on any atom is -0.348 e. The van der Waals surface area contributed by atoms with Crippen molar-refractivity contribution in [2.45, 2.75) is 69.9 Å². The first-order valence-corrected chi connectivity index (χ1v) is 8.76. The molecule has 1 aliphatic carbocycles. The molecule has 2 N–H and O–H groups in total. The summed E-state index contributed by atoms with van der Waals surface area (Å²) in [6, 6.07) is 0.675. The predicted molar refractivity (Wildman–Crippen MR) is 92.0 cm³/mol. The summed E-state index contributed by atoms with van der Waals surface area (Å²) in [7, 11) is 0. The molecule has 2 aliphatic rings. The van der Waals surface area contributed by atoms with Gasteiger partial charge in [0.15, 0.2) is 5.69 Å². The lowest BCUT2D eigenvalue weighted by Gasteiger charge is -2.22. The number of aromatic nitrogens is 3. The topological polar surface area (TPSA) is 71.8 Å². The second-order valence-corrected chi connectivity index (χ2v) is 6.58. The van der Waals surface area contributed by atoms with Crippen molar-refractivity contribution in [1.29, 1.82) is 0 Å². The number of hydrogen-bond donors (Lipinski definition) is 2. The summed E-state index contributed by atoms with van der Waals surface area (Å²) in [5.74, 6) is -0.0641. The van der Waals surface area contributed by atoms with E-state index in [0.717, 1.165) is 38.8 Å². The Hall–Kier alpha value is -1.14. The van der Waals surface area contributed by atoms with Gasteiger partial charge in [-0.15, -0.1) is 17.5 Å². The van der Waals surface area contributed by atoms with E-state index < -0.39 is 0 Å². The van der Waals surface area contributed by atoms with Crippen LogP contribution in [0.3, 0.4) is 0 Å². The van der Waals surface area contributed by atoms with E-state index in [1.54, 1.807) is 0 Å². The summed E-state index contributed by atoms with van der Waals surface area (Å²) >= 11 is 0. The van der Waals surface area contributed by atoms with Crippen LogP contribution >= 0.6 is 12.4 Å². The average Bonchev–Trinajstić information content (AvgIpc) is 3.01. The molecule has 0 radical (unpaired) electrons. The van der Waals surface area contributed by atoms with Gasteiger partial charge in [0.2, 0.25) is 0 Å². The largest absolute Gasteiger partial charge is 0.348 e. The normalized spacial score (nSPS) is 21.0. The van der Waals surface area contributed by atoms with Crippen molar-refractivity contribution in [2.24, 2.45) is 0 Å². The van der Waals surface area contributed by atoms with Crippen LogP contribution in [0.25, 0.3) is 0 Å². The van der Waals surface area contributed by atoms with E-state index in [0.29, 0.717) is 17.8 Å². The van der Waals surface area contributed by atoms with E-state index in [2.05, 4.69) is 20.9 Å². The molecular weight excluding hydrogens is 314 g/mol. The van der Waals surface area contributed by atoms with Crippen LogP contribution in [-0.2, 0) is 0 Å². The zero-order valence-corrected chi connectivity index (χ0v) is 14.5. The fourth-order valence-electron chi connectivity index (χ4n) is 3.49. The minimum atomic E-state index is -0.0641. The molecule has 130 valence electrons. The van der Waals surface area contributed by atoms with Gasteiger partial charge in [-0.05, 0) is 38.8 Å². The first-order chi connectivity index (χ1) is 10.8. The Labute approximate surface area is 144 Å². The summed E-state index contributed by atoms with van der Waals surface area (Å²) in [6.07, 6.45) is 12.4. The standard InChI is InChI=1S/C16H27N5O.ClH/c22-16(18-13-6-4-2-1-3-5-7-13)15-12-21(20-19-15)14-8-10-17-11-9-14;/h12-14,17H,1-11H2,(H,18,22);1H. The van der Waals surface area contributed by atoms with E-state index in [1.165, 1.54) is 32.1 Å². The van der Waals surface area contributed by atoms with Gasteiger partial charge in [0, 0.05) is 6.04 Å². The van der Waals surface area contributed by atoms with Crippen LogP contribution in [0.4, 0.5) is 0 Å². The SMILES string of the molecule is Cl.O=C(NC1CCCCCCC1)c1cn(C2CCNCC2)nn1. The van der Waals surface area contributed by atoms with Gasteiger partial charge in [0.25, 0.3) is 5.91 Å². The van der Waals surface area contributed by atoms with Gasteiger partial charge < -0.3 is 10.6 Å². The summed E-state index contributed by atoms with van der Waals surface area (Å²) in [5.41, 5.74) is 0.459. The van der Waals surface area contributed by atoms with E-state index in [4.69, 9.17) is 0 Å². The van der Waals surface area contributed by atoms with Crippen molar-refractivity contribution < 1.29 is 4.79 Å². The molecule has 0 spiro atoms. The lowest BCUT2D eigenvalue weighted by Crippen LogP contribution is -2.35. The van der Waals surface area contributed by atoms with E-state index in [1.807, 2.05) is 10.9 Å². The molecule has 6 nitrogen and oxygen atoms in total. The number of halogens is 1. The molecule has 2 heterocycles. The van der Waals surface area contributed by atoms with Gasteiger partial charge in [-0.25, -0.2) is 4.68 Å². The number of hydrogen-bond acceptors (Lipinski definition) is 4. The Morgan fingerprint density at radius 3 is 2.43 bits per heavy atom. The monoisotopic (exact) mass is 341 g/mol. The van der Waals surface area contributed by atoms with Crippen molar-refractivity contribution in [3.8, 4) is 0 Å². The van der Waals surface area contributed by atoms with Crippen LogP contribution < -0.4 is 10.6 Å². The Balaban J connectivity index is 0.00000192. The molecule has 23 heavy (non-hydrogen) atoms. The Bertz CT molecular complexity index is 479. The molecular formula is C16H28ClN5O. The van der Waals surface area contributed by atoms with Gasteiger partial charge in [-0.1, -0.05) is 37.3 Å². The van der Waals surface area contributed by atoms with Gasteiger partial charge in [0.05, 0.1) is 12.2 Å². The van der Waals surface area contributed by atoms with E-state index in [-0.39, 0.29) is 18.3 Å². The van der Waals surface area contributed by atoms with Crippen LogP contribution in [-0.4, -0.2) is 40.0 Å². The highest BCUT2D eigenvalue weighted by Gasteiger charge is 2.20. The maximum absolute atomic E-state index is 12.4. The lowest BCUT2D eigenvalue weighted by molar-refractivity contribution is 0.0925. The van der Waals surface area contributed by atoms with Crippen LogP contribution in [0.2, 0.25) is 0 Å². The zero-order chi connectivity index (χ0) is 15.2. The third kappa shape index (κ3) is 5.18. The highest BCUT2D eigenvalue weighted by atomic mass is 35.5. The summed E-state index contributed by atoms with van der Waals surface area (Å²) < 4.78 is 1.87. The number of nitrogens with one attached hydrogen (secondary N) is 2. The minimum absolute atomic E-state index is 0. The summed E-state index contributed by atoms with van der Waals surface area (Å²) in [5, 5.41) is 14.7. The smallest absolute Gasteiger partial charge is 0.273 e. The van der Waals surface area contributed by atoms with Crippen LogP contribution in [0, 0.1) is 0 Å². The van der Waals surface area contributed by atoms with Gasteiger partial charge in [0.1, 0.15) is 0 Å². The maximum Gasteiger partial charge on any atom is 0.273 e. The molecule has 0 unspecified atom stereocenters. The third-order valence-electron chi connectivity index (χ3n) is 4.87. The molecule has 0 atom stereocenters. The summed E-state index contributed by atoms with van der Waals surface area (Å²) in [6.45, 7) is 2.02. The fourth-order valence-corrected chi connectivity index (χ4v) is 3.49. The van der Waals surface area contributed by atoms with Gasteiger partial charge in [-0.3, -0.25) is 4.79 Å². The predicted octanol–water partition coefficient (Wildman–Crippen LogP) is 2.47. The Kier molecular flexibility index (Phi) is 7.30. The third-order valence-corrected chi connectivity index (χ3v) is 4.87. The maximum atomic E-state index is 12.4. The Morgan fingerprint density at radius 2 is 1.74 bits per heavy atom. The van der Waals surface area contributed by atoms with Gasteiger partial charge >= 0.3 is 0 Å². The molecule has 1 saturated heterocycles. The van der Waals surface area contributed by atoms with Crippen molar-refractivity contribution in [3.05, 3.63) is 11.9 Å². The molecule has 1 saturated carbocycles. The van der Waals surface area contributed by atoms with Gasteiger partial charge in [-0.2, -0.15) is 0 Å². The number of piperidine rings is 1. The molecule has 1 aromatic rings. The van der Waals surface area contributed by atoms with Crippen molar-refractivity contribution in [2.75, 3.05) is 13.1 Å². The summed E-state index contributed by atoms with van der Waals surface area (Å²) in [4.78, 5) is 12.4. The number of amides is 1. The van der Waals surface area contributed by atoms with Crippen LogP contribution in [0.5, 0.6) is 0 Å². The molecule has 1 amide bonds. The Morgan fingerprint density at radius 1 is 1.09 bits per heavy atom. The molecule has 1 aliphatic heterocycles. The fraction of sp³-hybridized carbons (Fsp3) is 0.812. The molecule has 7 heteroatoms. The highest BCUT2D eigenvalue weighted by Crippen LogP contribution is 2.19. The van der Waals surface area contributed by atoms with Crippen molar-refractivity contribution in [3.63, 3.8) is 0 Å². The lowest BCUT2D eigenvalue weighted by atomic mass is 9.96. The number of nitrogens with zero attached hydrogens (tertiary/aromatic N) is 3. The molecule has 0 bridgehead atoms. The first kappa shape index (κ1) is 18.2. The van der Waals surface area contributed by atoms with E-state index >= 15 is 0 Å². The van der Waals surface area contributed by atoms with Crippen LogP contribution in [0.15, 0.2) is 6.20 Å². The average molecular weight is 342 g/mol. The number of rotatable bonds is 3. The van der Waals surface area contributed by atoms with E-state index in [9.17, 15) is 4.79 Å². The van der Waals surface area contributed by atoms with Crippen molar-refractivity contribution >= 4 is 18.3 Å². The molecule has 3 rings (SSSR count). The molecule has 1 aromatic heterocycles. The quantitative estimate of drug-likeness (QED) is 0.886. The second-order valence-electron chi connectivity index (χ2n) is 6.58. The number of carbonyl (C=O) groups is 1. The number of carbonyl (C=O) groups excluding carboxylic acids is 1. The first-order valence-electron chi connectivity index (χ1n) is 8.76. The second kappa shape index (κ2) is 9.23. The zero-order valence-electron chi connectivity index (χ0n) is 13.7. The molecule has 2 fully saturated rings. The van der Waals surface area contributed by atoms with Crippen LogP contribution in [0.1, 0.15) is 74.3 Å². The molecule has 0 aromatic carbocycles.